The van der Waals surface area contributed by atoms with Gasteiger partial charge in [0.05, 0.1) is 18.0 Å². The van der Waals surface area contributed by atoms with Crippen molar-refractivity contribution in [2.24, 2.45) is 0 Å². The third kappa shape index (κ3) is 4.61. The lowest BCUT2D eigenvalue weighted by Crippen LogP contribution is -2.33. The highest BCUT2D eigenvalue weighted by Gasteiger charge is 2.27. The van der Waals surface area contributed by atoms with Crippen LogP contribution in [0.2, 0.25) is 0 Å². The van der Waals surface area contributed by atoms with Crippen LogP contribution in [0.3, 0.4) is 0 Å². The number of aromatic nitrogens is 4. The third-order valence-corrected chi connectivity index (χ3v) is 6.21. The van der Waals surface area contributed by atoms with Gasteiger partial charge in [-0.3, -0.25) is 19.1 Å². The summed E-state index contributed by atoms with van der Waals surface area (Å²) in [6.07, 6.45) is 3.33. The van der Waals surface area contributed by atoms with Crippen LogP contribution in [-0.4, -0.2) is 46.1 Å². The van der Waals surface area contributed by atoms with E-state index in [1.165, 1.54) is 0 Å². The Morgan fingerprint density at radius 1 is 1.18 bits per heavy atom. The zero-order valence-corrected chi connectivity index (χ0v) is 21.4. The van der Waals surface area contributed by atoms with Crippen molar-refractivity contribution in [3.8, 4) is 17.5 Å². The van der Waals surface area contributed by atoms with E-state index in [0.717, 1.165) is 5.39 Å². The number of pyridine rings is 1. The Labute approximate surface area is 219 Å². The molecule has 3 aromatic heterocycles. The van der Waals surface area contributed by atoms with Gasteiger partial charge in [-0.05, 0) is 55.7 Å². The first-order chi connectivity index (χ1) is 18.3. The summed E-state index contributed by atoms with van der Waals surface area (Å²) in [5.41, 5.74) is 8.54. The van der Waals surface area contributed by atoms with Crippen LogP contribution in [0.5, 0.6) is 0 Å². The Hall–Kier alpha value is -4.94. The molecule has 0 aliphatic heterocycles. The van der Waals surface area contributed by atoms with Gasteiger partial charge in [-0.1, -0.05) is 42.2 Å². The van der Waals surface area contributed by atoms with Crippen LogP contribution in [-0.2, 0) is 0 Å². The van der Waals surface area contributed by atoms with Gasteiger partial charge < -0.3 is 11.1 Å². The second kappa shape index (κ2) is 10.2. The number of rotatable bonds is 5. The van der Waals surface area contributed by atoms with E-state index in [9.17, 15) is 9.59 Å². The van der Waals surface area contributed by atoms with Crippen molar-refractivity contribution in [1.82, 2.24) is 24.9 Å². The van der Waals surface area contributed by atoms with Crippen LogP contribution in [0.1, 0.15) is 34.6 Å². The average Bonchev–Trinajstić information content (AvgIpc) is 3.24. The van der Waals surface area contributed by atoms with Gasteiger partial charge >= 0.3 is 5.65 Å². The monoisotopic (exact) mass is 506 g/mol. The maximum atomic E-state index is 14.0. The minimum atomic E-state index is -0.540. The second-order valence-electron chi connectivity index (χ2n) is 9.26. The molecule has 0 radical (unpaired) electrons. The number of carbonyl (C=O) groups is 1. The molecule has 0 fully saturated rings. The number of nitrogen functional groups attached to an aromatic ring is 1. The lowest BCUT2D eigenvalue weighted by atomic mass is 10.0. The van der Waals surface area contributed by atoms with Gasteiger partial charge in [0.15, 0.2) is 11.4 Å². The number of benzene rings is 2. The predicted octanol–water partition coefficient (Wildman–Crippen LogP) is 2.44. The number of hydrogen-bond acceptors (Lipinski definition) is 5. The van der Waals surface area contributed by atoms with Crippen molar-refractivity contribution >= 4 is 28.1 Å². The number of anilines is 1. The molecule has 3 heterocycles. The summed E-state index contributed by atoms with van der Waals surface area (Å²) in [5, 5.41) is 7.21. The highest BCUT2D eigenvalue weighted by atomic mass is 16.2. The van der Waals surface area contributed by atoms with Crippen molar-refractivity contribution in [3.05, 3.63) is 100 Å². The zero-order valence-electron chi connectivity index (χ0n) is 21.4. The summed E-state index contributed by atoms with van der Waals surface area (Å²) in [7, 11) is 3.89. The number of fused-ring (bicyclic) bond motifs is 2. The highest BCUT2D eigenvalue weighted by Crippen LogP contribution is 2.24. The fourth-order valence-electron chi connectivity index (χ4n) is 4.46. The maximum absolute atomic E-state index is 14.0. The van der Waals surface area contributed by atoms with Gasteiger partial charge in [0.25, 0.3) is 11.5 Å². The number of hydrogen-bond donors (Lipinski definition) is 3. The lowest BCUT2D eigenvalue weighted by molar-refractivity contribution is -0.577. The van der Waals surface area contributed by atoms with Crippen LogP contribution < -0.4 is 21.1 Å². The van der Waals surface area contributed by atoms with E-state index in [2.05, 4.69) is 27.2 Å². The molecule has 38 heavy (non-hydrogen) atoms. The van der Waals surface area contributed by atoms with E-state index in [1.54, 1.807) is 27.5 Å². The Bertz CT molecular complexity index is 1780. The SMILES string of the molecule is CC(NC(=O)c1c(N)[nH][n+]2cccnc12)c1cc2cccc(C#CCN(C)C)c2c(=O)n1-c1ccccc1. The molecule has 1 amide bonds. The van der Waals surface area contributed by atoms with Crippen molar-refractivity contribution in [2.75, 3.05) is 26.4 Å². The van der Waals surface area contributed by atoms with Crippen LogP contribution in [0, 0.1) is 11.8 Å². The largest absolute Gasteiger partial charge is 0.382 e. The van der Waals surface area contributed by atoms with Gasteiger partial charge in [0, 0.05) is 23.0 Å². The molecule has 0 saturated carbocycles. The van der Waals surface area contributed by atoms with E-state index in [4.69, 9.17) is 5.73 Å². The van der Waals surface area contributed by atoms with Crippen LogP contribution >= 0.6 is 0 Å². The molecule has 0 saturated heterocycles. The molecule has 2 aromatic carbocycles. The van der Waals surface area contributed by atoms with Crippen molar-refractivity contribution in [3.63, 3.8) is 0 Å². The Morgan fingerprint density at radius 3 is 2.74 bits per heavy atom. The molecule has 1 atom stereocenters. The summed E-state index contributed by atoms with van der Waals surface area (Å²) >= 11 is 0. The predicted molar refractivity (Wildman–Crippen MR) is 147 cm³/mol. The Balaban J connectivity index is 1.63. The molecule has 9 nitrogen and oxygen atoms in total. The average molecular weight is 507 g/mol. The van der Waals surface area contributed by atoms with E-state index >= 15 is 0 Å². The molecular formula is C29H28N7O2+. The van der Waals surface area contributed by atoms with Crippen molar-refractivity contribution < 1.29 is 9.31 Å². The Kier molecular flexibility index (Phi) is 6.64. The minimum Gasteiger partial charge on any atom is -0.382 e. The van der Waals surface area contributed by atoms with Crippen LogP contribution in [0.25, 0.3) is 22.1 Å². The van der Waals surface area contributed by atoms with Gasteiger partial charge in [0.2, 0.25) is 0 Å². The first-order valence-corrected chi connectivity index (χ1v) is 12.2. The molecular weight excluding hydrogens is 478 g/mol. The minimum absolute atomic E-state index is 0.202. The number of aromatic amines is 1. The summed E-state index contributed by atoms with van der Waals surface area (Å²) in [6, 6.07) is 18.1. The van der Waals surface area contributed by atoms with E-state index < -0.39 is 11.9 Å². The number of nitrogens with two attached hydrogens (primary N) is 1. The van der Waals surface area contributed by atoms with Gasteiger partial charge in [0.1, 0.15) is 12.4 Å². The number of nitrogens with zero attached hydrogens (tertiary/aromatic N) is 4. The normalized spacial score (nSPS) is 11.9. The number of carbonyl (C=O) groups excluding carboxylic acids is 1. The maximum Gasteiger partial charge on any atom is 0.362 e. The number of para-hydroxylation sites is 1. The Morgan fingerprint density at radius 2 is 1.97 bits per heavy atom. The highest BCUT2D eigenvalue weighted by molar-refractivity contribution is 6.03. The summed E-state index contributed by atoms with van der Waals surface area (Å²) < 4.78 is 3.22. The quantitative estimate of drug-likeness (QED) is 0.250. The van der Waals surface area contributed by atoms with E-state index in [-0.39, 0.29) is 16.9 Å². The van der Waals surface area contributed by atoms with Crippen LogP contribution in [0.4, 0.5) is 5.82 Å². The third-order valence-electron chi connectivity index (χ3n) is 6.21. The fourth-order valence-corrected chi connectivity index (χ4v) is 4.46. The number of H-pyrrole nitrogens is 1. The fraction of sp³-hybridized carbons (Fsp3) is 0.172. The number of amides is 1. The molecule has 9 heteroatoms. The summed E-state index contributed by atoms with van der Waals surface area (Å²) in [6.45, 7) is 2.42. The van der Waals surface area contributed by atoms with Gasteiger partial charge in [-0.15, -0.1) is 4.52 Å². The first-order valence-electron chi connectivity index (χ1n) is 12.2. The van der Waals surface area contributed by atoms with E-state index in [0.29, 0.717) is 34.5 Å². The molecule has 0 bridgehead atoms. The lowest BCUT2D eigenvalue weighted by Gasteiger charge is -2.21. The van der Waals surface area contributed by atoms with Gasteiger partial charge in [-0.25, -0.2) is 5.10 Å². The molecule has 4 N–H and O–H groups in total. The standard InChI is InChI=1S/C29H27N7O2/c1-19(32-28(37)25-26(30)33-35-17-9-15-31-27(25)35)23-18-21-11-7-10-20(12-8-16-34(2)3)24(21)29(38)36(23)22-13-5-4-6-14-22/h4-7,9-11,13-15,17-19H,16H2,1-3H3,(H3,30,32,33,37)/p+1. The molecule has 5 aromatic rings. The zero-order chi connectivity index (χ0) is 26.8. The molecule has 190 valence electrons. The van der Waals surface area contributed by atoms with E-state index in [1.807, 2.05) is 80.5 Å². The molecule has 1 unspecified atom stereocenters. The van der Waals surface area contributed by atoms with Crippen LogP contribution in [0.15, 0.2) is 77.9 Å². The van der Waals surface area contributed by atoms with Gasteiger partial charge in [-0.2, -0.15) is 0 Å². The topological polar surface area (TPSA) is 113 Å². The number of nitrogens with one attached hydrogen (secondary N) is 2. The molecule has 5 rings (SSSR count). The molecule has 0 spiro atoms. The first kappa shape index (κ1) is 24.7. The summed E-state index contributed by atoms with van der Waals surface area (Å²) in [4.78, 5) is 33.7. The van der Waals surface area contributed by atoms with Crippen molar-refractivity contribution in [2.45, 2.75) is 13.0 Å². The van der Waals surface area contributed by atoms with Crippen molar-refractivity contribution in [1.29, 1.82) is 0 Å². The summed E-state index contributed by atoms with van der Waals surface area (Å²) in [5.74, 6) is 6.09. The molecule has 0 aliphatic carbocycles. The molecule has 0 aliphatic rings. The second-order valence-corrected chi connectivity index (χ2v) is 9.26. The smallest absolute Gasteiger partial charge is 0.362 e.